The highest BCUT2D eigenvalue weighted by Gasteiger charge is 2.28. The number of thiophene rings is 1. The number of nitrogens with zero attached hydrogens (tertiary/aromatic N) is 2. The van der Waals surface area contributed by atoms with Gasteiger partial charge in [-0.1, -0.05) is 0 Å². The number of nitriles is 1. The van der Waals surface area contributed by atoms with Crippen LogP contribution in [0, 0.1) is 11.3 Å². The van der Waals surface area contributed by atoms with E-state index in [2.05, 4.69) is 10.8 Å². The lowest BCUT2D eigenvalue weighted by atomic mass is 10.2. The number of hydrogen-bond acceptors (Lipinski definition) is 7. The molecule has 6 nitrogen and oxygen atoms in total. The van der Waals surface area contributed by atoms with E-state index in [1.165, 1.54) is 18.4 Å². The van der Waals surface area contributed by atoms with E-state index in [1.54, 1.807) is 0 Å². The maximum Gasteiger partial charge on any atom is 0.350 e. The highest BCUT2D eigenvalue weighted by atomic mass is 32.1. The Bertz CT molecular complexity index is 520. The average molecular weight is 266 g/mol. The molecule has 1 aromatic heterocycles. The van der Waals surface area contributed by atoms with E-state index in [9.17, 15) is 4.79 Å². The van der Waals surface area contributed by atoms with Gasteiger partial charge in [0, 0.05) is 19.1 Å². The molecule has 0 radical (unpaired) electrons. The SMILES string of the molecule is COC(=O)c1sc(N2CCC(N)C2)c(C#N)c1N. The Morgan fingerprint density at radius 1 is 1.67 bits per heavy atom. The van der Waals surface area contributed by atoms with E-state index in [1.807, 2.05) is 4.90 Å². The zero-order chi connectivity index (χ0) is 13.3. The minimum atomic E-state index is -0.510. The highest BCUT2D eigenvalue weighted by molar-refractivity contribution is 7.18. The van der Waals surface area contributed by atoms with Crippen LogP contribution in [0.5, 0.6) is 0 Å². The predicted octanol–water partition coefficient (Wildman–Crippen LogP) is 0.526. The number of nitrogen functional groups attached to an aromatic ring is 1. The maximum atomic E-state index is 11.6. The topological polar surface area (TPSA) is 105 Å². The molecule has 0 bridgehead atoms. The molecule has 0 aliphatic carbocycles. The van der Waals surface area contributed by atoms with Gasteiger partial charge in [-0.05, 0) is 6.42 Å². The van der Waals surface area contributed by atoms with Crippen LogP contribution in [0.1, 0.15) is 21.7 Å². The van der Waals surface area contributed by atoms with Crippen LogP contribution in [0.15, 0.2) is 0 Å². The molecular weight excluding hydrogens is 252 g/mol. The molecule has 1 aliphatic rings. The molecule has 1 saturated heterocycles. The quantitative estimate of drug-likeness (QED) is 0.756. The average Bonchev–Trinajstić information content (AvgIpc) is 2.92. The smallest absolute Gasteiger partial charge is 0.350 e. The number of ether oxygens (including phenoxy) is 1. The van der Waals surface area contributed by atoms with Gasteiger partial charge < -0.3 is 21.1 Å². The minimum absolute atomic E-state index is 0.0986. The van der Waals surface area contributed by atoms with E-state index in [0.717, 1.165) is 13.0 Å². The maximum absolute atomic E-state index is 11.6. The molecule has 7 heteroatoms. The third-order valence-electron chi connectivity index (χ3n) is 2.92. The van der Waals surface area contributed by atoms with Crippen molar-refractivity contribution in [3.05, 3.63) is 10.4 Å². The van der Waals surface area contributed by atoms with Crippen molar-refractivity contribution in [2.75, 3.05) is 30.8 Å². The fourth-order valence-electron chi connectivity index (χ4n) is 1.98. The third-order valence-corrected chi connectivity index (χ3v) is 4.17. The van der Waals surface area contributed by atoms with Crippen molar-refractivity contribution in [2.45, 2.75) is 12.5 Å². The Hall–Kier alpha value is -1.78. The van der Waals surface area contributed by atoms with Gasteiger partial charge in [0.15, 0.2) is 0 Å². The zero-order valence-corrected chi connectivity index (χ0v) is 10.8. The molecule has 1 atom stereocenters. The van der Waals surface area contributed by atoms with Crippen molar-refractivity contribution < 1.29 is 9.53 Å². The predicted molar refractivity (Wildman–Crippen MR) is 69.6 cm³/mol. The summed E-state index contributed by atoms with van der Waals surface area (Å²) in [6.45, 7) is 1.45. The molecular formula is C11H14N4O2S. The molecule has 0 aromatic carbocycles. The largest absolute Gasteiger partial charge is 0.465 e. The Morgan fingerprint density at radius 2 is 2.39 bits per heavy atom. The van der Waals surface area contributed by atoms with Crippen LogP contribution in [0.25, 0.3) is 0 Å². The van der Waals surface area contributed by atoms with Crippen LogP contribution in [0.2, 0.25) is 0 Å². The Kier molecular flexibility index (Phi) is 3.41. The number of carbonyl (C=O) groups is 1. The molecule has 1 unspecified atom stereocenters. The summed E-state index contributed by atoms with van der Waals surface area (Å²) in [7, 11) is 1.29. The first-order valence-electron chi connectivity index (χ1n) is 5.49. The van der Waals surface area contributed by atoms with Gasteiger partial charge in [0.2, 0.25) is 0 Å². The van der Waals surface area contributed by atoms with Crippen LogP contribution >= 0.6 is 11.3 Å². The summed E-state index contributed by atoms with van der Waals surface area (Å²) >= 11 is 1.19. The summed E-state index contributed by atoms with van der Waals surface area (Å²) in [4.78, 5) is 13.8. The number of nitrogens with two attached hydrogens (primary N) is 2. The summed E-state index contributed by atoms with van der Waals surface area (Å²) < 4.78 is 4.65. The van der Waals surface area contributed by atoms with Gasteiger partial charge >= 0.3 is 5.97 Å². The van der Waals surface area contributed by atoms with Gasteiger partial charge in [-0.15, -0.1) is 11.3 Å². The molecule has 2 heterocycles. The third kappa shape index (κ3) is 2.00. The standard InChI is InChI=1S/C11H14N4O2S/c1-17-11(16)9-8(14)7(4-12)10(18-9)15-3-2-6(13)5-15/h6H,2-3,5,13-14H2,1H3. The van der Waals surface area contributed by atoms with Crippen molar-refractivity contribution in [3.63, 3.8) is 0 Å². The van der Waals surface area contributed by atoms with E-state index in [-0.39, 0.29) is 16.6 Å². The van der Waals surface area contributed by atoms with Crippen LogP contribution in [-0.4, -0.2) is 32.2 Å². The van der Waals surface area contributed by atoms with Gasteiger partial charge in [0.05, 0.1) is 12.8 Å². The lowest BCUT2D eigenvalue weighted by molar-refractivity contribution is 0.0607. The number of anilines is 2. The van der Waals surface area contributed by atoms with Crippen LogP contribution in [0.3, 0.4) is 0 Å². The van der Waals surface area contributed by atoms with Crippen LogP contribution in [0.4, 0.5) is 10.7 Å². The summed E-state index contributed by atoms with van der Waals surface area (Å²) in [5.41, 5.74) is 12.2. The van der Waals surface area contributed by atoms with Crippen molar-refractivity contribution in [1.29, 1.82) is 5.26 Å². The van der Waals surface area contributed by atoms with Crippen molar-refractivity contribution >= 4 is 28.0 Å². The van der Waals surface area contributed by atoms with Gasteiger partial charge in [-0.3, -0.25) is 0 Å². The van der Waals surface area contributed by atoms with Crippen LogP contribution in [-0.2, 0) is 4.74 Å². The first-order valence-corrected chi connectivity index (χ1v) is 6.31. The summed E-state index contributed by atoms with van der Waals surface area (Å²) in [6, 6.07) is 2.15. The number of hydrogen-bond donors (Lipinski definition) is 2. The number of rotatable bonds is 2. The van der Waals surface area contributed by atoms with Gasteiger partial charge in [-0.25, -0.2) is 4.79 Å². The van der Waals surface area contributed by atoms with Crippen molar-refractivity contribution in [3.8, 4) is 6.07 Å². The van der Waals surface area contributed by atoms with Crippen LogP contribution < -0.4 is 16.4 Å². The molecule has 0 spiro atoms. The number of esters is 1. The Balaban J connectivity index is 2.42. The van der Waals surface area contributed by atoms with Crippen molar-refractivity contribution in [1.82, 2.24) is 0 Å². The normalized spacial score (nSPS) is 18.7. The first kappa shape index (κ1) is 12.7. The first-order chi connectivity index (χ1) is 8.58. The minimum Gasteiger partial charge on any atom is -0.465 e. The summed E-state index contributed by atoms with van der Waals surface area (Å²) in [5.74, 6) is -0.510. The Labute approximate surface area is 109 Å². The Morgan fingerprint density at radius 3 is 2.89 bits per heavy atom. The fourth-order valence-corrected chi connectivity index (χ4v) is 3.10. The van der Waals surface area contributed by atoms with E-state index in [4.69, 9.17) is 16.7 Å². The second-order valence-corrected chi connectivity index (χ2v) is 5.12. The fraction of sp³-hybridized carbons (Fsp3) is 0.455. The second-order valence-electron chi connectivity index (χ2n) is 4.12. The summed E-state index contributed by atoms with van der Waals surface area (Å²) in [5, 5.41) is 9.87. The monoisotopic (exact) mass is 266 g/mol. The highest BCUT2D eigenvalue weighted by Crippen LogP contribution is 2.39. The molecule has 4 N–H and O–H groups in total. The van der Waals surface area contributed by atoms with E-state index < -0.39 is 5.97 Å². The van der Waals surface area contributed by atoms with E-state index in [0.29, 0.717) is 17.1 Å². The molecule has 0 amide bonds. The molecule has 0 saturated carbocycles. The van der Waals surface area contributed by atoms with Gasteiger partial charge in [-0.2, -0.15) is 5.26 Å². The van der Waals surface area contributed by atoms with Crippen molar-refractivity contribution in [2.24, 2.45) is 5.73 Å². The number of carbonyl (C=O) groups excluding carboxylic acids is 1. The molecule has 18 heavy (non-hydrogen) atoms. The molecule has 1 fully saturated rings. The van der Waals surface area contributed by atoms with E-state index >= 15 is 0 Å². The lowest BCUT2D eigenvalue weighted by Crippen LogP contribution is -2.26. The zero-order valence-electron chi connectivity index (χ0n) is 9.97. The molecule has 1 aliphatic heterocycles. The molecule has 96 valence electrons. The second kappa shape index (κ2) is 4.84. The van der Waals surface area contributed by atoms with Gasteiger partial charge in [0.1, 0.15) is 21.5 Å². The number of methoxy groups -OCH3 is 1. The summed E-state index contributed by atoms with van der Waals surface area (Å²) in [6.07, 6.45) is 0.871. The molecule has 2 rings (SSSR count). The lowest BCUT2D eigenvalue weighted by Gasteiger charge is -2.15. The van der Waals surface area contributed by atoms with Gasteiger partial charge in [0.25, 0.3) is 0 Å². The molecule has 1 aromatic rings.